The minimum Gasteiger partial charge on any atom is -0.456 e. The van der Waals surface area contributed by atoms with Crippen LogP contribution in [0.5, 0.6) is 0 Å². The summed E-state index contributed by atoms with van der Waals surface area (Å²) in [6, 6.07) is 13.0. The zero-order valence-corrected chi connectivity index (χ0v) is 13.0. The molecule has 0 atom stereocenters. The number of hydrogen-bond donors (Lipinski definition) is 0. The maximum Gasteiger partial charge on any atom is 0.195 e. The fourth-order valence-electron chi connectivity index (χ4n) is 3.04. The molecule has 24 heavy (non-hydrogen) atoms. The van der Waals surface area contributed by atoms with Gasteiger partial charge < -0.3 is 14.1 Å². The van der Waals surface area contributed by atoms with E-state index in [1.165, 1.54) is 18.2 Å². The zero-order chi connectivity index (χ0) is 16.5. The zero-order valence-electron chi connectivity index (χ0n) is 13.0. The lowest BCUT2D eigenvalue weighted by Gasteiger charge is -2.29. The van der Waals surface area contributed by atoms with Crippen molar-refractivity contribution < 1.29 is 13.5 Å². The van der Waals surface area contributed by atoms with Gasteiger partial charge in [0.15, 0.2) is 5.43 Å². The molecule has 0 N–H and O–H groups in total. The smallest absolute Gasteiger partial charge is 0.195 e. The Hall–Kier alpha value is -2.66. The predicted octanol–water partition coefficient (Wildman–Crippen LogP) is 3.44. The molecule has 4 rings (SSSR count). The summed E-state index contributed by atoms with van der Waals surface area (Å²) in [5, 5.41) is 0.555. The van der Waals surface area contributed by atoms with Crippen LogP contribution in [-0.4, -0.2) is 26.3 Å². The van der Waals surface area contributed by atoms with E-state index >= 15 is 0 Å². The summed E-state index contributed by atoms with van der Waals surface area (Å²) in [7, 11) is 0. The van der Waals surface area contributed by atoms with E-state index in [1.54, 1.807) is 18.2 Å². The molecule has 122 valence electrons. The lowest BCUT2D eigenvalue weighted by atomic mass is 10.1. The standard InChI is InChI=1S/C19H16FNO3/c20-14-4-1-3-13(11-14)18-12-16(22)19-15(5-2-6-17(19)24-18)21-7-9-23-10-8-21/h1-6,11-12H,7-10H2. The Morgan fingerprint density at radius 2 is 1.79 bits per heavy atom. The first kappa shape index (κ1) is 14.9. The highest BCUT2D eigenvalue weighted by Gasteiger charge is 2.17. The molecule has 0 radical (unpaired) electrons. The van der Waals surface area contributed by atoms with Crippen LogP contribution in [0.15, 0.2) is 57.7 Å². The predicted molar refractivity (Wildman–Crippen MR) is 90.9 cm³/mol. The average Bonchev–Trinajstić information content (AvgIpc) is 2.62. The van der Waals surface area contributed by atoms with Crippen LogP contribution in [0.25, 0.3) is 22.3 Å². The van der Waals surface area contributed by atoms with Gasteiger partial charge in [-0.3, -0.25) is 4.79 Å². The van der Waals surface area contributed by atoms with E-state index < -0.39 is 0 Å². The summed E-state index contributed by atoms with van der Waals surface area (Å²) in [6.45, 7) is 2.76. The Kier molecular flexibility index (Phi) is 3.78. The third kappa shape index (κ3) is 2.67. The lowest BCUT2D eigenvalue weighted by Crippen LogP contribution is -2.36. The maximum absolute atomic E-state index is 13.4. The number of nitrogens with zero attached hydrogens (tertiary/aromatic N) is 1. The molecule has 5 heteroatoms. The molecule has 1 fully saturated rings. The summed E-state index contributed by atoms with van der Waals surface area (Å²) in [5.74, 6) is 0.00319. The van der Waals surface area contributed by atoms with Crippen LogP contribution in [0, 0.1) is 5.82 Å². The number of fused-ring (bicyclic) bond motifs is 1. The van der Waals surface area contributed by atoms with Crippen molar-refractivity contribution in [3.63, 3.8) is 0 Å². The molecular weight excluding hydrogens is 309 g/mol. The van der Waals surface area contributed by atoms with E-state index in [0.29, 0.717) is 35.5 Å². The Labute approximate surface area is 138 Å². The monoisotopic (exact) mass is 325 g/mol. The average molecular weight is 325 g/mol. The van der Waals surface area contributed by atoms with Crippen molar-refractivity contribution in [2.24, 2.45) is 0 Å². The van der Waals surface area contributed by atoms with Gasteiger partial charge in [0, 0.05) is 24.7 Å². The first-order valence-corrected chi connectivity index (χ1v) is 7.88. The second-order valence-corrected chi connectivity index (χ2v) is 5.73. The third-order valence-corrected chi connectivity index (χ3v) is 4.19. The Balaban J connectivity index is 1.86. The summed E-state index contributed by atoms with van der Waals surface area (Å²) >= 11 is 0. The van der Waals surface area contributed by atoms with E-state index in [1.807, 2.05) is 12.1 Å². The minimum absolute atomic E-state index is 0.127. The molecule has 3 aromatic rings. The molecule has 0 saturated carbocycles. The molecule has 1 aliphatic rings. The highest BCUT2D eigenvalue weighted by Crippen LogP contribution is 2.28. The summed E-state index contributed by atoms with van der Waals surface area (Å²) in [5.41, 5.74) is 1.78. The quantitative estimate of drug-likeness (QED) is 0.724. The number of morpholine rings is 1. The fourth-order valence-corrected chi connectivity index (χ4v) is 3.04. The van der Waals surface area contributed by atoms with E-state index in [0.717, 1.165) is 18.8 Å². The van der Waals surface area contributed by atoms with Crippen molar-refractivity contribution in [2.75, 3.05) is 31.2 Å². The Bertz CT molecular complexity index is 945. The van der Waals surface area contributed by atoms with Crippen LogP contribution in [0.4, 0.5) is 10.1 Å². The van der Waals surface area contributed by atoms with E-state index in [2.05, 4.69) is 4.90 Å². The van der Waals surface area contributed by atoms with Gasteiger partial charge in [-0.2, -0.15) is 0 Å². The molecule has 4 nitrogen and oxygen atoms in total. The van der Waals surface area contributed by atoms with Crippen molar-refractivity contribution in [3.05, 3.63) is 64.6 Å². The molecular formula is C19H16FNO3. The molecule has 1 aliphatic heterocycles. The van der Waals surface area contributed by atoms with E-state index in [9.17, 15) is 9.18 Å². The van der Waals surface area contributed by atoms with Gasteiger partial charge in [0.25, 0.3) is 0 Å². The second kappa shape index (κ2) is 6.09. The molecule has 0 amide bonds. The summed E-state index contributed by atoms with van der Waals surface area (Å²) in [4.78, 5) is 14.8. The number of ether oxygens (including phenoxy) is 1. The van der Waals surface area contributed by atoms with Crippen molar-refractivity contribution in [1.29, 1.82) is 0 Å². The van der Waals surface area contributed by atoms with E-state index in [-0.39, 0.29) is 11.2 Å². The van der Waals surface area contributed by atoms with Gasteiger partial charge in [-0.1, -0.05) is 18.2 Å². The Morgan fingerprint density at radius 1 is 1.00 bits per heavy atom. The van der Waals surface area contributed by atoms with Crippen LogP contribution in [0.1, 0.15) is 0 Å². The highest BCUT2D eigenvalue weighted by molar-refractivity contribution is 5.91. The fraction of sp³-hybridized carbons (Fsp3) is 0.211. The van der Waals surface area contributed by atoms with Gasteiger partial charge in [0.05, 0.1) is 24.3 Å². The molecule has 0 unspecified atom stereocenters. The number of anilines is 1. The topological polar surface area (TPSA) is 42.7 Å². The molecule has 0 spiro atoms. The van der Waals surface area contributed by atoms with Crippen LogP contribution in [0.3, 0.4) is 0 Å². The largest absolute Gasteiger partial charge is 0.456 e. The van der Waals surface area contributed by atoms with Gasteiger partial charge in [-0.15, -0.1) is 0 Å². The van der Waals surface area contributed by atoms with Crippen LogP contribution < -0.4 is 10.3 Å². The second-order valence-electron chi connectivity index (χ2n) is 5.73. The van der Waals surface area contributed by atoms with Crippen molar-refractivity contribution >= 4 is 16.7 Å². The summed E-state index contributed by atoms with van der Waals surface area (Å²) in [6.07, 6.45) is 0. The first-order chi connectivity index (χ1) is 11.7. The minimum atomic E-state index is -0.364. The highest BCUT2D eigenvalue weighted by atomic mass is 19.1. The Morgan fingerprint density at radius 3 is 2.58 bits per heavy atom. The summed E-state index contributed by atoms with van der Waals surface area (Å²) < 4.78 is 24.7. The van der Waals surface area contributed by atoms with Crippen LogP contribution >= 0.6 is 0 Å². The van der Waals surface area contributed by atoms with Gasteiger partial charge in [0.2, 0.25) is 0 Å². The van der Waals surface area contributed by atoms with Crippen LogP contribution in [0.2, 0.25) is 0 Å². The number of halogens is 1. The van der Waals surface area contributed by atoms with Crippen LogP contribution in [-0.2, 0) is 4.74 Å². The number of hydrogen-bond acceptors (Lipinski definition) is 4. The van der Waals surface area contributed by atoms with Gasteiger partial charge in [-0.25, -0.2) is 4.39 Å². The first-order valence-electron chi connectivity index (χ1n) is 7.88. The van der Waals surface area contributed by atoms with Gasteiger partial charge in [-0.05, 0) is 24.3 Å². The normalized spacial score (nSPS) is 15.0. The maximum atomic E-state index is 13.4. The molecule has 0 aliphatic carbocycles. The lowest BCUT2D eigenvalue weighted by molar-refractivity contribution is 0.123. The molecule has 2 aromatic carbocycles. The molecule has 2 heterocycles. The van der Waals surface area contributed by atoms with Gasteiger partial charge in [0.1, 0.15) is 17.2 Å². The SMILES string of the molecule is O=c1cc(-c2cccc(F)c2)oc2cccc(N3CCOCC3)c12. The van der Waals surface area contributed by atoms with Crippen molar-refractivity contribution in [1.82, 2.24) is 0 Å². The number of benzene rings is 2. The molecule has 1 aromatic heterocycles. The van der Waals surface area contributed by atoms with Crippen molar-refractivity contribution in [3.8, 4) is 11.3 Å². The molecule has 0 bridgehead atoms. The third-order valence-electron chi connectivity index (χ3n) is 4.19. The molecule has 1 saturated heterocycles. The number of rotatable bonds is 2. The van der Waals surface area contributed by atoms with Gasteiger partial charge >= 0.3 is 0 Å². The van der Waals surface area contributed by atoms with Crippen molar-refractivity contribution in [2.45, 2.75) is 0 Å². The van der Waals surface area contributed by atoms with E-state index in [4.69, 9.17) is 9.15 Å².